The molecule has 0 aliphatic carbocycles. The van der Waals surface area contributed by atoms with Crippen molar-refractivity contribution in [2.24, 2.45) is 0 Å². The van der Waals surface area contributed by atoms with Crippen LogP contribution in [0.5, 0.6) is 0 Å². The number of nitrogens with zero attached hydrogens (tertiary/aromatic N) is 6. The second-order valence-corrected chi connectivity index (χ2v) is 6.93. The van der Waals surface area contributed by atoms with Crippen molar-refractivity contribution in [2.45, 2.75) is 0 Å². The minimum Gasteiger partial charge on any atom is -0.378 e. The van der Waals surface area contributed by atoms with Crippen LogP contribution in [0, 0.1) is 0 Å². The Bertz CT molecular complexity index is 1040. The standard InChI is InChI=1S/C18H17N7OS/c1-3-16(24-6-8-26-9-7-24)19-11-14(1)20-15-2-4-17-21-22-18(25(17)23-15)13-5-10-27-12-13/h1-5,10-12H,6-9H2,(H,20,23). The zero-order valence-electron chi connectivity index (χ0n) is 14.4. The third kappa shape index (κ3) is 3.22. The Balaban J connectivity index is 1.38. The second kappa shape index (κ2) is 6.93. The molecule has 1 aliphatic rings. The van der Waals surface area contributed by atoms with Crippen molar-refractivity contribution in [2.75, 3.05) is 36.5 Å². The topological polar surface area (TPSA) is 80.5 Å². The lowest BCUT2D eigenvalue weighted by Gasteiger charge is -2.27. The molecule has 1 saturated heterocycles. The van der Waals surface area contributed by atoms with Gasteiger partial charge in [0.2, 0.25) is 0 Å². The third-order valence-corrected chi connectivity index (χ3v) is 5.08. The Morgan fingerprint density at radius 1 is 1.04 bits per heavy atom. The van der Waals surface area contributed by atoms with Crippen molar-refractivity contribution in [1.82, 2.24) is 24.8 Å². The van der Waals surface area contributed by atoms with E-state index in [1.54, 1.807) is 15.9 Å². The number of aromatic nitrogens is 5. The molecule has 1 fully saturated rings. The van der Waals surface area contributed by atoms with Crippen molar-refractivity contribution < 1.29 is 4.74 Å². The summed E-state index contributed by atoms with van der Waals surface area (Å²) in [5.41, 5.74) is 2.60. The molecule has 1 aliphatic heterocycles. The molecule has 1 N–H and O–H groups in total. The summed E-state index contributed by atoms with van der Waals surface area (Å²) in [6.45, 7) is 3.24. The highest BCUT2D eigenvalue weighted by Gasteiger charge is 2.13. The van der Waals surface area contributed by atoms with E-state index in [9.17, 15) is 0 Å². The van der Waals surface area contributed by atoms with E-state index in [1.165, 1.54) is 0 Å². The van der Waals surface area contributed by atoms with Crippen molar-refractivity contribution in [1.29, 1.82) is 0 Å². The Kier molecular flexibility index (Phi) is 4.15. The third-order valence-electron chi connectivity index (χ3n) is 4.40. The first-order valence-corrected chi connectivity index (χ1v) is 9.62. The number of morpholine rings is 1. The van der Waals surface area contributed by atoms with E-state index in [1.807, 2.05) is 47.3 Å². The van der Waals surface area contributed by atoms with Crippen LogP contribution in [0.25, 0.3) is 17.0 Å². The molecule has 8 nitrogen and oxygen atoms in total. The van der Waals surface area contributed by atoms with Gasteiger partial charge in [0.15, 0.2) is 17.3 Å². The molecule has 9 heteroatoms. The van der Waals surface area contributed by atoms with Crippen molar-refractivity contribution >= 4 is 34.3 Å². The van der Waals surface area contributed by atoms with E-state index < -0.39 is 0 Å². The number of rotatable bonds is 4. The van der Waals surface area contributed by atoms with E-state index in [-0.39, 0.29) is 0 Å². The molecule has 0 saturated carbocycles. The lowest BCUT2D eigenvalue weighted by molar-refractivity contribution is 0.122. The quantitative estimate of drug-likeness (QED) is 0.584. The molecule has 0 amide bonds. The van der Waals surface area contributed by atoms with Crippen LogP contribution in [0.1, 0.15) is 0 Å². The van der Waals surface area contributed by atoms with Crippen LogP contribution in [-0.2, 0) is 4.74 Å². The van der Waals surface area contributed by atoms with Gasteiger partial charge in [-0.3, -0.25) is 0 Å². The molecule has 27 heavy (non-hydrogen) atoms. The maximum absolute atomic E-state index is 5.39. The largest absolute Gasteiger partial charge is 0.378 e. The number of hydrogen-bond acceptors (Lipinski definition) is 8. The number of pyridine rings is 1. The summed E-state index contributed by atoms with van der Waals surface area (Å²) in [6, 6.07) is 9.82. The average Bonchev–Trinajstić information content (AvgIpc) is 3.38. The minimum atomic E-state index is 0.708. The normalized spacial score (nSPS) is 14.6. The molecule has 4 aromatic rings. The van der Waals surface area contributed by atoms with Gasteiger partial charge in [0.25, 0.3) is 0 Å². The molecule has 0 atom stereocenters. The van der Waals surface area contributed by atoms with Gasteiger partial charge in [0.1, 0.15) is 5.82 Å². The van der Waals surface area contributed by atoms with E-state index in [0.717, 1.165) is 49.2 Å². The summed E-state index contributed by atoms with van der Waals surface area (Å²) in [5, 5.41) is 20.4. The summed E-state index contributed by atoms with van der Waals surface area (Å²) in [7, 11) is 0. The first-order valence-electron chi connectivity index (χ1n) is 8.68. The number of fused-ring (bicyclic) bond motifs is 1. The molecule has 5 heterocycles. The maximum atomic E-state index is 5.39. The molecule has 136 valence electrons. The number of nitrogens with one attached hydrogen (secondary N) is 1. The minimum absolute atomic E-state index is 0.708. The highest BCUT2D eigenvalue weighted by molar-refractivity contribution is 7.08. The first kappa shape index (κ1) is 16.2. The van der Waals surface area contributed by atoms with E-state index in [2.05, 4.69) is 30.5 Å². The fraction of sp³-hybridized carbons (Fsp3) is 0.222. The average molecular weight is 379 g/mol. The lowest BCUT2D eigenvalue weighted by Crippen LogP contribution is -2.36. The smallest absolute Gasteiger partial charge is 0.186 e. The van der Waals surface area contributed by atoms with Gasteiger partial charge >= 0.3 is 0 Å². The van der Waals surface area contributed by atoms with E-state index in [4.69, 9.17) is 4.74 Å². The van der Waals surface area contributed by atoms with Gasteiger partial charge in [-0.05, 0) is 35.7 Å². The summed E-state index contributed by atoms with van der Waals surface area (Å²) < 4.78 is 7.14. The molecule has 5 rings (SSSR count). The number of hydrogen-bond donors (Lipinski definition) is 1. The van der Waals surface area contributed by atoms with Gasteiger partial charge in [-0.2, -0.15) is 15.9 Å². The molecule has 0 unspecified atom stereocenters. The fourth-order valence-corrected chi connectivity index (χ4v) is 3.65. The molecule has 0 aromatic carbocycles. The maximum Gasteiger partial charge on any atom is 0.186 e. The summed E-state index contributed by atoms with van der Waals surface area (Å²) in [6.07, 6.45) is 1.82. The van der Waals surface area contributed by atoms with E-state index in [0.29, 0.717) is 11.5 Å². The van der Waals surface area contributed by atoms with Crippen LogP contribution in [0.15, 0.2) is 47.3 Å². The summed E-state index contributed by atoms with van der Waals surface area (Å²) in [5.74, 6) is 2.40. The highest BCUT2D eigenvalue weighted by atomic mass is 32.1. The molecule has 4 aromatic heterocycles. The van der Waals surface area contributed by atoms with Crippen molar-refractivity contribution in [3.8, 4) is 11.4 Å². The number of anilines is 3. The monoisotopic (exact) mass is 379 g/mol. The van der Waals surface area contributed by atoms with Crippen LogP contribution in [0.2, 0.25) is 0 Å². The zero-order valence-corrected chi connectivity index (χ0v) is 15.3. The van der Waals surface area contributed by atoms with Gasteiger partial charge in [0.05, 0.1) is 25.1 Å². The van der Waals surface area contributed by atoms with Crippen LogP contribution in [0.3, 0.4) is 0 Å². The molecule has 0 spiro atoms. The van der Waals surface area contributed by atoms with Crippen LogP contribution >= 0.6 is 11.3 Å². The predicted molar refractivity (Wildman–Crippen MR) is 105 cm³/mol. The number of ether oxygens (including phenoxy) is 1. The van der Waals surface area contributed by atoms with E-state index >= 15 is 0 Å². The Labute approximate surface area is 159 Å². The molecular formula is C18H17N7OS. The molecule has 0 radical (unpaired) electrons. The van der Waals surface area contributed by atoms with Crippen molar-refractivity contribution in [3.63, 3.8) is 0 Å². The van der Waals surface area contributed by atoms with Gasteiger partial charge in [-0.25, -0.2) is 4.98 Å². The molecule has 0 bridgehead atoms. The lowest BCUT2D eigenvalue weighted by atomic mass is 10.3. The van der Waals surface area contributed by atoms with Gasteiger partial charge in [0, 0.05) is 24.0 Å². The predicted octanol–water partition coefficient (Wildman–Crippen LogP) is 2.83. The summed E-state index contributed by atoms with van der Waals surface area (Å²) >= 11 is 1.62. The highest BCUT2D eigenvalue weighted by Crippen LogP contribution is 2.22. The van der Waals surface area contributed by atoms with Crippen molar-refractivity contribution in [3.05, 3.63) is 47.3 Å². The van der Waals surface area contributed by atoms with Gasteiger partial charge < -0.3 is 15.0 Å². The van der Waals surface area contributed by atoms with Gasteiger partial charge in [-0.1, -0.05) is 0 Å². The second-order valence-electron chi connectivity index (χ2n) is 6.15. The van der Waals surface area contributed by atoms with Gasteiger partial charge in [-0.15, -0.1) is 15.3 Å². The number of thiophene rings is 1. The van der Waals surface area contributed by atoms with Crippen LogP contribution < -0.4 is 10.2 Å². The Morgan fingerprint density at radius 3 is 2.74 bits per heavy atom. The van der Waals surface area contributed by atoms with Crippen LogP contribution in [-0.4, -0.2) is 51.1 Å². The fourth-order valence-electron chi connectivity index (χ4n) is 3.01. The Hall–Kier alpha value is -3.04. The Morgan fingerprint density at radius 2 is 1.96 bits per heavy atom. The SMILES string of the molecule is c1cc(-c2nnc3ccc(Nc4ccc(N5CCOCC5)nc4)nn23)cs1. The summed E-state index contributed by atoms with van der Waals surface area (Å²) in [4.78, 5) is 6.78. The molecular weight excluding hydrogens is 362 g/mol. The zero-order chi connectivity index (χ0) is 18.1. The first-order chi connectivity index (χ1) is 13.4. The van der Waals surface area contributed by atoms with Crippen LogP contribution in [0.4, 0.5) is 17.3 Å².